The normalized spacial score (nSPS) is 16.9. The van der Waals surface area contributed by atoms with Crippen molar-refractivity contribution in [2.45, 2.75) is 44.4 Å². The topological polar surface area (TPSA) is 45.1 Å². The molecule has 2 aliphatic heterocycles. The summed E-state index contributed by atoms with van der Waals surface area (Å²) in [7, 11) is 3.37. The molecule has 0 bridgehead atoms. The summed E-state index contributed by atoms with van der Waals surface area (Å²) < 4.78 is 26.0. The number of aromatic nitrogens is 1. The van der Waals surface area contributed by atoms with E-state index < -0.39 is 0 Å². The average molecular weight is 497 g/mol. The van der Waals surface area contributed by atoms with E-state index in [1.807, 2.05) is 38.1 Å². The van der Waals surface area contributed by atoms with Gasteiger partial charge in [-0.1, -0.05) is 17.7 Å². The van der Waals surface area contributed by atoms with E-state index in [0.29, 0.717) is 11.6 Å². The van der Waals surface area contributed by atoms with Crippen molar-refractivity contribution in [2.75, 3.05) is 33.9 Å². The van der Waals surface area contributed by atoms with E-state index in [1.54, 1.807) is 14.2 Å². The van der Waals surface area contributed by atoms with Crippen LogP contribution >= 0.6 is 11.6 Å². The van der Waals surface area contributed by atoms with Crippen molar-refractivity contribution >= 4 is 11.6 Å². The first-order chi connectivity index (χ1) is 16.8. The second kappa shape index (κ2) is 9.41. The van der Waals surface area contributed by atoms with Gasteiger partial charge in [0, 0.05) is 56.9 Å². The predicted octanol–water partition coefficient (Wildman–Crippen LogP) is 5.83. The molecule has 2 aliphatic rings. The molecule has 3 aromatic rings. The van der Waals surface area contributed by atoms with Gasteiger partial charge < -0.3 is 23.5 Å². The molecule has 0 N–H and O–H groups in total. The number of nitrogens with zero attached hydrogens (tertiary/aromatic N) is 2. The standard InChI is InChI=1S/C28H33ClN2O4/c1-27(2,33-4)19-34-23-10-7-20(16-25(23)32-3)18-30-14-11-28(12-15-30)26-6-5-13-31(26)22-9-8-21(29)17-24(22)35-28/h5-10,13,16-17H,11-12,14-15,18-19H2,1-4H3. The third-order valence-corrected chi connectivity index (χ3v) is 7.36. The minimum Gasteiger partial charge on any atom is -0.493 e. The number of benzene rings is 2. The molecule has 0 atom stereocenters. The fourth-order valence-corrected chi connectivity index (χ4v) is 5.08. The number of methoxy groups -OCH3 is 2. The van der Waals surface area contributed by atoms with Gasteiger partial charge in [-0.15, -0.1) is 0 Å². The highest BCUT2D eigenvalue weighted by atomic mass is 35.5. The summed E-state index contributed by atoms with van der Waals surface area (Å²) in [6.45, 7) is 7.16. The van der Waals surface area contributed by atoms with E-state index in [2.05, 4.69) is 39.9 Å². The lowest BCUT2D eigenvalue weighted by Gasteiger charge is -2.45. The van der Waals surface area contributed by atoms with Gasteiger partial charge in [-0.05, 0) is 55.8 Å². The molecule has 1 spiro atoms. The van der Waals surface area contributed by atoms with E-state index >= 15 is 0 Å². The summed E-state index contributed by atoms with van der Waals surface area (Å²) in [6, 6.07) is 16.3. The van der Waals surface area contributed by atoms with Crippen LogP contribution in [0, 0.1) is 0 Å². The van der Waals surface area contributed by atoms with Crippen molar-refractivity contribution < 1.29 is 18.9 Å². The lowest BCUT2D eigenvalue weighted by atomic mass is 9.86. The Balaban J connectivity index is 1.27. The Hall–Kier alpha value is -2.67. The van der Waals surface area contributed by atoms with Crippen molar-refractivity contribution in [1.29, 1.82) is 0 Å². The Morgan fingerprint density at radius 1 is 1.03 bits per heavy atom. The molecule has 35 heavy (non-hydrogen) atoms. The molecule has 2 aromatic carbocycles. The zero-order chi connectivity index (χ0) is 24.6. The van der Waals surface area contributed by atoms with Crippen LogP contribution < -0.4 is 14.2 Å². The third kappa shape index (κ3) is 4.75. The van der Waals surface area contributed by atoms with Gasteiger partial charge in [0.05, 0.1) is 24.1 Å². The predicted molar refractivity (Wildman–Crippen MR) is 137 cm³/mol. The summed E-state index contributed by atoms with van der Waals surface area (Å²) >= 11 is 6.28. The molecule has 0 amide bonds. The van der Waals surface area contributed by atoms with Crippen molar-refractivity contribution in [1.82, 2.24) is 9.47 Å². The van der Waals surface area contributed by atoms with E-state index in [4.69, 9.17) is 30.5 Å². The Kier molecular flexibility index (Phi) is 6.47. The highest BCUT2D eigenvalue weighted by Crippen LogP contribution is 2.46. The van der Waals surface area contributed by atoms with Crippen LogP contribution in [0.3, 0.4) is 0 Å². The summed E-state index contributed by atoms with van der Waals surface area (Å²) in [5.41, 5.74) is 2.77. The number of likely N-dealkylation sites (tertiary alicyclic amines) is 1. The number of fused-ring (bicyclic) bond motifs is 4. The minimum absolute atomic E-state index is 0.332. The molecule has 5 rings (SSSR count). The van der Waals surface area contributed by atoms with Crippen LogP contribution in [0.5, 0.6) is 17.2 Å². The van der Waals surface area contributed by atoms with Crippen LogP contribution in [-0.2, 0) is 16.9 Å². The highest BCUT2D eigenvalue weighted by Gasteiger charge is 2.43. The Bertz CT molecular complexity index is 1200. The maximum absolute atomic E-state index is 6.66. The van der Waals surface area contributed by atoms with Crippen molar-refractivity contribution in [3.63, 3.8) is 0 Å². The molecule has 3 heterocycles. The van der Waals surface area contributed by atoms with Gasteiger partial charge in [0.1, 0.15) is 12.4 Å². The zero-order valence-electron chi connectivity index (χ0n) is 20.8. The number of piperidine rings is 1. The van der Waals surface area contributed by atoms with E-state index in [-0.39, 0.29) is 11.2 Å². The number of hydrogen-bond donors (Lipinski definition) is 0. The van der Waals surface area contributed by atoms with E-state index in [1.165, 1.54) is 11.3 Å². The molecular weight excluding hydrogens is 464 g/mol. The molecule has 1 saturated heterocycles. The minimum atomic E-state index is -0.361. The Morgan fingerprint density at radius 3 is 2.57 bits per heavy atom. The van der Waals surface area contributed by atoms with Gasteiger partial charge in [0.2, 0.25) is 0 Å². The SMILES string of the molecule is COc1cc(CN2CCC3(CC2)Oc2cc(Cl)ccc2-n2cccc23)ccc1OCC(C)(C)OC. The lowest BCUT2D eigenvalue weighted by Crippen LogP contribution is -2.48. The van der Waals surface area contributed by atoms with Crippen LogP contribution in [0.4, 0.5) is 0 Å². The molecule has 1 aromatic heterocycles. The molecule has 0 unspecified atom stereocenters. The van der Waals surface area contributed by atoms with E-state index in [0.717, 1.165) is 55.4 Å². The molecule has 0 saturated carbocycles. The van der Waals surface area contributed by atoms with Gasteiger partial charge in [-0.2, -0.15) is 0 Å². The molecular formula is C28H33ClN2O4. The fourth-order valence-electron chi connectivity index (χ4n) is 4.92. The number of halogens is 1. The molecule has 0 radical (unpaired) electrons. The van der Waals surface area contributed by atoms with Gasteiger partial charge in [0.15, 0.2) is 17.1 Å². The van der Waals surface area contributed by atoms with Crippen LogP contribution in [0.2, 0.25) is 5.02 Å². The van der Waals surface area contributed by atoms with Crippen LogP contribution in [0.15, 0.2) is 54.7 Å². The van der Waals surface area contributed by atoms with Crippen molar-refractivity contribution in [2.24, 2.45) is 0 Å². The molecule has 1 fully saturated rings. The van der Waals surface area contributed by atoms with Gasteiger partial charge in [-0.3, -0.25) is 4.90 Å². The van der Waals surface area contributed by atoms with Crippen LogP contribution in [0.25, 0.3) is 5.69 Å². The summed E-state index contributed by atoms with van der Waals surface area (Å²) in [4.78, 5) is 2.47. The Morgan fingerprint density at radius 2 is 1.83 bits per heavy atom. The molecule has 0 aliphatic carbocycles. The molecule has 7 heteroatoms. The smallest absolute Gasteiger partial charge is 0.161 e. The second-order valence-electron chi connectivity index (χ2n) is 9.99. The first kappa shape index (κ1) is 24.0. The maximum atomic E-state index is 6.66. The van der Waals surface area contributed by atoms with Gasteiger partial charge >= 0.3 is 0 Å². The average Bonchev–Trinajstić information content (AvgIpc) is 3.36. The zero-order valence-corrected chi connectivity index (χ0v) is 21.6. The third-order valence-electron chi connectivity index (χ3n) is 7.13. The monoisotopic (exact) mass is 496 g/mol. The first-order valence-electron chi connectivity index (χ1n) is 12.1. The first-order valence-corrected chi connectivity index (χ1v) is 12.4. The number of ether oxygens (including phenoxy) is 4. The number of rotatable bonds is 7. The largest absolute Gasteiger partial charge is 0.493 e. The lowest BCUT2D eigenvalue weighted by molar-refractivity contribution is -0.0157. The van der Waals surface area contributed by atoms with Crippen molar-refractivity contribution in [3.05, 3.63) is 71.0 Å². The highest BCUT2D eigenvalue weighted by molar-refractivity contribution is 6.30. The quantitative estimate of drug-likeness (QED) is 0.412. The molecule has 186 valence electrons. The number of hydrogen-bond acceptors (Lipinski definition) is 5. The Labute approximate surface area is 212 Å². The maximum Gasteiger partial charge on any atom is 0.161 e. The van der Waals surface area contributed by atoms with Gasteiger partial charge in [-0.25, -0.2) is 0 Å². The van der Waals surface area contributed by atoms with E-state index in [9.17, 15) is 0 Å². The summed E-state index contributed by atoms with van der Waals surface area (Å²) in [5.74, 6) is 2.32. The van der Waals surface area contributed by atoms with Crippen molar-refractivity contribution in [3.8, 4) is 22.9 Å². The van der Waals surface area contributed by atoms with Crippen LogP contribution in [0.1, 0.15) is 37.9 Å². The second-order valence-corrected chi connectivity index (χ2v) is 10.4. The van der Waals surface area contributed by atoms with Crippen LogP contribution in [-0.4, -0.2) is 49.0 Å². The van der Waals surface area contributed by atoms with Gasteiger partial charge in [0.25, 0.3) is 0 Å². The molecule has 6 nitrogen and oxygen atoms in total. The summed E-state index contributed by atoms with van der Waals surface area (Å²) in [6.07, 6.45) is 3.93. The fraction of sp³-hybridized carbons (Fsp3) is 0.429. The summed E-state index contributed by atoms with van der Waals surface area (Å²) in [5, 5.41) is 0.694.